The third-order valence-electron chi connectivity index (χ3n) is 3.10. The standard InChI is InChI=1S/C18H23NO/c1-14(2)13-20-18-11-7-10-17(12-18)19-15(3)16-8-5-4-6-9-16/h4-12,14-15,19H,13H2,1-3H3. The molecule has 0 aliphatic heterocycles. The van der Waals surface area contributed by atoms with Crippen molar-refractivity contribution in [1.82, 2.24) is 0 Å². The van der Waals surface area contributed by atoms with Crippen molar-refractivity contribution in [3.63, 3.8) is 0 Å². The van der Waals surface area contributed by atoms with Crippen LogP contribution in [-0.4, -0.2) is 6.61 Å². The van der Waals surface area contributed by atoms with Crippen molar-refractivity contribution in [2.24, 2.45) is 5.92 Å². The van der Waals surface area contributed by atoms with Crippen LogP contribution in [0.1, 0.15) is 32.4 Å². The van der Waals surface area contributed by atoms with E-state index in [1.165, 1.54) is 5.56 Å². The van der Waals surface area contributed by atoms with E-state index in [2.05, 4.69) is 62.5 Å². The smallest absolute Gasteiger partial charge is 0.121 e. The molecule has 0 saturated carbocycles. The van der Waals surface area contributed by atoms with Gasteiger partial charge in [-0.1, -0.05) is 50.2 Å². The lowest BCUT2D eigenvalue weighted by Gasteiger charge is -2.17. The molecule has 20 heavy (non-hydrogen) atoms. The van der Waals surface area contributed by atoms with Gasteiger partial charge in [-0.25, -0.2) is 0 Å². The average molecular weight is 269 g/mol. The zero-order chi connectivity index (χ0) is 14.4. The van der Waals surface area contributed by atoms with Gasteiger partial charge in [-0.15, -0.1) is 0 Å². The lowest BCUT2D eigenvalue weighted by atomic mass is 10.1. The molecule has 2 aromatic carbocycles. The van der Waals surface area contributed by atoms with Gasteiger partial charge in [-0.3, -0.25) is 0 Å². The number of anilines is 1. The Bertz CT molecular complexity index is 522. The number of nitrogens with one attached hydrogen (secondary N) is 1. The van der Waals surface area contributed by atoms with E-state index in [0.29, 0.717) is 5.92 Å². The van der Waals surface area contributed by atoms with Crippen LogP contribution in [0.5, 0.6) is 5.75 Å². The van der Waals surface area contributed by atoms with Crippen molar-refractivity contribution in [1.29, 1.82) is 0 Å². The predicted octanol–water partition coefficient (Wildman–Crippen LogP) is 4.89. The molecule has 106 valence electrons. The quantitative estimate of drug-likeness (QED) is 0.805. The maximum Gasteiger partial charge on any atom is 0.121 e. The van der Waals surface area contributed by atoms with E-state index < -0.39 is 0 Å². The first-order valence-electron chi connectivity index (χ1n) is 7.19. The summed E-state index contributed by atoms with van der Waals surface area (Å²) in [5.41, 5.74) is 2.36. The molecule has 0 bridgehead atoms. The molecule has 0 radical (unpaired) electrons. The highest BCUT2D eigenvalue weighted by Crippen LogP contribution is 2.23. The summed E-state index contributed by atoms with van der Waals surface area (Å²) in [6, 6.07) is 18.9. The minimum atomic E-state index is 0.275. The second-order valence-electron chi connectivity index (χ2n) is 5.51. The van der Waals surface area contributed by atoms with Gasteiger partial charge in [0.2, 0.25) is 0 Å². The first kappa shape index (κ1) is 14.4. The highest BCUT2D eigenvalue weighted by atomic mass is 16.5. The first-order valence-corrected chi connectivity index (χ1v) is 7.19. The molecule has 0 aliphatic rings. The Balaban J connectivity index is 2.00. The van der Waals surface area contributed by atoms with Crippen molar-refractivity contribution in [2.75, 3.05) is 11.9 Å². The molecular formula is C18H23NO. The zero-order valence-corrected chi connectivity index (χ0v) is 12.5. The fourth-order valence-corrected chi connectivity index (χ4v) is 2.01. The van der Waals surface area contributed by atoms with Crippen molar-refractivity contribution in [3.8, 4) is 5.75 Å². The van der Waals surface area contributed by atoms with Gasteiger partial charge in [0.1, 0.15) is 5.75 Å². The summed E-state index contributed by atoms with van der Waals surface area (Å²) in [5, 5.41) is 3.51. The van der Waals surface area contributed by atoms with Crippen molar-refractivity contribution < 1.29 is 4.74 Å². The molecule has 0 amide bonds. The lowest BCUT2D eigenvalue weighted by molar-refractivity contribution is 0.271. The van der Waals surface area contributed by atoms with Gasteiger partial charge >= 0.3 is 0 Å². The summed E-state index contributed by atoms with van der Waals surface area (Å²) in [5.74, 6) is 1.46. The molecule has 2 nitrogen and oxygen atoms in total. The third-order valence-corrected chi connectivity index (χ3v) is 3.10. The largest absolute Gasteiger partial charge is 0.493 e. The lowest BCUT2D eigenvalue weighted by Crippen LogP contribution is -2.07. The van der Waals surface area contributed by atoms with Crippen LogP contribution in [0.25, 0.3) is 0 Å². The Hall–Kier alpha value is -1.96. The van der Waals surface area contributed by atoms with Crippen LogP contribution >= 0.6 is 0 Å². The summed E-state index contributed by atoms with van der Waals surface area (Å²) in [6.45, 7) is 7.22. The van der Waals surface area contributed by atoms with Gasteiger partial charge in [0.05, 0.1) is 6.61 Å². The van der Waals surface area contributed by atoms with Gasteiger partial charge in [-0.05, 0) is 30.5 Å². The van der Waals surface area contributed by atoms with Gasteiger partial charge < -0.3 is 10.1 Å². The zero-order valence-electron chi connectivity index (χ0n) is 12.5. The number of hydrogen-bond acceptors (Lipinski definition) is 2. The molecule has 0 aliphatic carbocycles. The number of rotatable bonds is 6. The Labute approximate surface area is 121 Å². The molecule has 0 heterocycles. The van der Waals surface area contributed by atoms with E-state index in [9.17, 15) is 0 Å². The Kier molecular flexibility index (Phi) is 5.05. The van der Waals surface area contributed by atoms with Gasteiger partial charge in [0.25, 0.3) is 0 Å². The summed E-state index contributed by atoms with van der Waals surface area (Å²) in [6.07, 6.45) is 0. The van der Waals surface area contributed by atoms with Crippen LogP contribution in [0.15, 0.2) is 54.6 Å². The van der Waals surface area contributed by atoms with Crippen LogP contribution in [0.2, 0.25) is 0 Å². The van der Waals surface area contributed by atoms with Crippen LogP contribution in [0, 0.1) is 5.92 Å². The maximum absolute atomic E-state index is 5.76. The van der Waals surface area contributed by atoms with E-state index in [1.807, 2.05) is 18.2 Å². The van der Waals surface area contributed by atoms with E-state index in [-0.39, 0.29) is 6.04 Å². The summed E-state index contributed by atoms with van der Waals surface area (Å²) in [4.78, 5) is 0. The Morgan fingerprint density at radius 3 is 2.40 bits per heavy atom. The van der Waals surface area contributed by atoms with Crippen LogP contribution in [-0.2, 0) is 0 Å². The Morgan fingerprint density at radius 2 is 1.70 bits per heavy atom. The van der Waals surface area contributed by atoms with Gasteiger partial charge in [-0.2, -0.15) is 0 Å². The average Bonchev–Trinajstić information content (AvgIpc) is 2.46. The number of ether oxygens (including phenoxy) is 1. The molecule has 2 heteroatoms. The number of benzene rings is 2. The first-order chi connectivity index (χ1) is 9.65. The van der Waals surface area contributed by atoms with Crippen LogP contribution in [0.3, 0.4) is 0 Å². The molecule has 2 rings (SSSR count). The van der Waals surface area contributed by atoms with Crippen molar-refractivity contribution >= 4 is 5.69 Å². The summed E-state index contributed by atoms with van der Waals surface area (Å²) >= 11 is 0. The molecular weight excluding hydrogens is 246 g/mol. The molecule has 2 aromatic rings. The van der Waals surface area contributed by atoms with Crippen molar-refractivity contribution in [2.45, 2.75) is 26.8 Å². The topological polar surface area (TPSA) is 21.3 Å². The van der Waals surface area contributed by atoms with E-state index >= 15 is 0 Å². The molecule has 0 spiro atoms. The SMILES string of the molecule is CC(C)COc1cccc(NC(C)c2ccccc2)c1. The second kappa shape index (κ2) is 6.99. The highest BCUT2D eigenvalue weighted by molar-refractivity contribution is 5.49. The predicted molar refractivity (Wildman–Crippen MR) is 85.3 cm³/mol. The number of hydrogen-bond donors (Lipinski definition) is 1. The monoisotopic (exact) mass is 269 g/mol. The normalized spacial score (nSPS) is 12.2. The summed E-state index contributed by atoms with van der Waals surface area (Å²) in [7, 11) is 0. The third kappa shape index (κ3) is 4.30. The van der Waals surface area contributed by atoms with Crippen LogP contribution < -0.4 is 10.1 Å². The van der Waals surface area contributed by atoms with E-state index in [0.717, 1.165) is 18.0 Å². The minimum Gasteiger partial charge on any atom is -0.493 e. The Morgan fingerprint density at radius 1 is 0.950 bits per heavy atom. The highest BCUT2D eigenvalue weighted by Gasteiger charge is 2.05. The fourth-order valence-electron chi connectivity index (χ4n) is 2.01. The fraction of sp³-hybridized carbons (Fsp3) is 0.333. The van der Waals surface area contributed by atoms with Gasteiger partial charge in [0.15, 0.2) is 0 Å². The van der Waals surface area contributed by atoms with E-state index in [4.69, 9.17) is 4.74 Å². The molecule has 0 aromatic heterocycles. The molecule has 1 atom stereocenters. The van der Waals surface area contributed by atoms with Crippen LogP contribution in [0.4, 0.5) is 5.69 Å². The van der Waals surface area contributed by atoms with Crippen molar-refractivity contribution in [3.05, 3.63) is 60.2 Å². The molecule has 1 N–H and O–H groups in total. The second-order valence-corrected chi connectivity index (χ2v) is 5.51. The minimum absolute atomic E-state index is 0.275. The van der Waals surface area contributed by atoms with Gasteiger partial charge in [0, 0.05) is 17.8 Å². The molecule has 0 saturated heterocycles. The summed E-state index contributed by atoms with van der Waals surface area (Å²) < 4.78 is 5.76. The van der Waals surface area contributed by atoms with E-state index in [1.54, 1.807) is 0 Å². The molecule has 0 fully saturated rings. The maximum atomic E-state index is 5.76. The molecule has 1 unspecified atom stereocenters.